The number of rotatable bonds is 5. The molecule has 0 aromatic rings. The van der Waals surface area contributed by atoms with E-state index in [4.69, 9.17) is 5.11 Å². The van der Waals surface area contributed by atoms with E-state index >= 15 is 0 Å². The summed E-state index contributed by atoms with van der Waals surface area (Å²) in [7, 11) is -0.395. The molecule has 1 saturated heterocycles. The Bertz CT molecular complexity index is 400. The van der Waals surface area contributed by atoms with Crippen LogP contribution in [0.1, 0.15) is 19.8 Å². The average Bonchev–Trinajstić information content (AvgIpc) is 2.35. The lowest BCUT2D eigenvalue weighted by atomic mass is 10.2. The van der Waals surface area contributed by atoms with E-state index in [0.717, 1.165) is 0 Å². The highest BCUT2D eigenvalue weighted by Gasteiger charge is 2.29. The van der Waals surface area contributed by atoms with Crippen molar-refractivity contribution in [1.82, 2.24) is 13.5 Å². The van der Waals surface area contributed by atoms with Gasteiger partial charge in [0.1, 0.15) is 0 Å². The first-order valence-corrected chi connectivity index (χ1v) is 7.78. The summed E-state index contributed by atoms with van der Waals surface area (Å²) in [6.45, 7) is 3.11. The van der Waals surface area contributed by atoms with Crippen LogP contribution < -0.4 is 0 Å². The molecule has 7 nitrogen and oxygen atoms in total. The van der Waals surface area contributed by atoms with Crippen molar-refractivity contribution >= 4 is 16.1 Å². The first-order chi connectivity index (χ1) is 8.75. The second-order valence-electron chi connectivity index (χ2n) is 4.96. The Morgan fingerprint density at radius 1 is 1.26 bits per heavy atom. The number of aliphatic hydroxyl groups is 1. The molecule has 0 spiro atoms. The molecule has 0 aromatic carbocycles. The molecule has 0 bridgehead atoms. The molecule has 0 radical (unpaired) electrons. The van der Waals surface area contributed by atoms with Crippen molar-refractivity contribution in [3.8, 4) is 0 Å². The quantitative estimate of drug-likeness (QED) is 0.712. The maximum Gasteiger partial charge on any atom is 0.281 e. The molecular formula is C11H23N3O4S. The van der Waals surface area contributed by atoms with Gasteiger partial charge in [-0.3, -0.25) is 4.79 Å². The minimum Gasteiger partial charge on any atom is -0.393 e. The van der Waals surface area contributed by atoms with Crippen molar-refractivity contribution in [2.24, 2.45) is 0 Å². The lowest BCUT2D eigenvalue weighted by Crippen LogP contribution is -2.53. The van der Waals surface area contributed by atoms with E-state index in [1.54, 1.807) is 11.8 Å². The molecule has 0 aliphatic carbocycles. The molecule has 8 heteroatoms. The third-order valence-corrected chi connectivity index (χ3v) is 5.10. The maximum absolute atomic E-state index is 11.9. The van der Waals surface area contributed by atoms with Gasteiger partial charge in [0, 0.05) is 46.7 Å². The van der Waals surface area contributed by atoms with Crippen LogP contribution in [0.25, 0.3) is 0 Å². The van der Waals surface area contributed by atoms with E-state index in [9.17, 15) is 13.2 Å². The fourth-order valence-corrected chi connectivity index (χ4v) is 2.98. The van der Waals surface area contributed by atoms with Gasteiger partial charge in [0.15, 0.2) is 0 Å². The standard InChI is InChI=1S/C11H23N3O4S/c1-10(15)4-5-11(16)13-6-8-14(9-7-13)19(17,18)12(2)3/h10,15H,4-9H2,1-3H3. The van der Waals surface area contributed by atoms with Crippen LogP contribution in [0.2, 0.25) is 0 Å². The molecule has 19 heavy (non-hydrogen) atoms. The Balaban J connectivity index is 2.47. The van der Waals surface area contributed by atoms with Crippen molar-refractivity contribution in [2.45, 2.75) is 25.9 Å². The highest BCUT2D eigenvalue weighted by molar-refractivity contribution is 7.86. The highest BCUT2D eigenvalue weighted by atomic mass is 32.2. The highest BCUT2D eigenvalue weighted by Crippen LogP contribution is 2.11. The Kier molecular flexibility index (Phi) is 5.72. The molecule has 1 aliphatic heterocycles. The number of nitrogens with zero attached hydrogens (tertiary/aromatic N) is 3. The SMILES string of the molecule is CC(O)CCC(=O)N1CCN(S(=O)(=O)N(C)C)CC1. The second kappa shape index (κ2) is 6.65. The molecule has 1 heterocycles. The molecule has 0 aromatic heterocycles. The summed E-state index contributed by atoms with van der Waals surface area (Å²) < 4.78 is 26.3. The molecule has 1 fully saturated rings. The number of aliphatic hydroxyl groups excluding tert-OH is 1. The van der Waals surface area contributed by atoms with E-state index in [-0.39, 0.29) is 5.91 Å². The topological polar surface area (TPSA) is 81.2 Å². The molecule has 1 aliphatic rings. The van der Waals surface area contributed by atoms with Gasteiger partial charge in [0.05, 0.1) is 6.10 Å². The normalized spacial score (nSPS) is 19.7. The maximum atomic E-state index is 11.9. The third-order valence-electron chi connectivity index (χ3n) is 3.16. The lowest BCUT2D eigenvalue weighted by molar-refractivity contribution is -0.132. The Morgan fingerprint density at radius 2 is 1.79 bits per heavy atom. The van der Waals surface area contributed by atoms with Crippen LogP contribution in [0, 0.1) is 0 Å². The fraction of sp³-hybridized carbons (Fsp3) is 0.909. The summed E-state index contributed by atoms with van der Waals surface area (Å²) in [6.07, 6.45) is 0.256. The number of piperazine rings is 1. The van der Waals surface area contributed by atoms with Crippen LogP contribution in [-0.4, -0.2) is 79.3 Å². The Hall–Kier alpha value is -0.700. The molecule has 1 atom stereocenters. The summed E-state index contributed by atoms with van der Waals surface area (Å²) in [4.78, 5) is 13.5. The summed E-state index contributed by atoms with van der Waals surface area (Å²) in [5.41, 5.74) is 0. The van der Waals surface area contributed by atoms with Crippen LogP contribution in [-0.2, 0) is 15.0 Å². The zero-order valence-corrected chi connectivity index (χ0v) is 12.6. The predicted molar refractivity (Wildman–Crippen MR) is 71.7 cm³/mol. The van der Waals surface area contributed by atoms with Crippen molar-refractivity contribution in [3.05, 3.63) is 0 Å². The van der Waals surface area contributed by atoms with E-state index < -0.39 is 16.3 Å². The van der Waals surface area contributed by atoms with Gasteiger partial charge in [-0.2, -0.15) is 17.0 Å². The van der Waals surface area contributed by atoms with Crippen LogP contribution in [0.4, 0.5) is 0 Å². The van der Waals surface area contributed by atoms with Crippen molar-refractivity contribution in [2.75, 3.05) is 40.3 Å². The largest absolute Gasteiger partial charge is 0.393 e. The van der Waals surface area contributed by atoms with Crippen molar-refractivity contribution in [1.29, 1.82) is 0 Å². The number of carbonyl (C=O) groups excluding carboxylic acids is 1. The summed E-state index contributed by atoms with van der Waals surface area (Å²) >= 11 is 0. The minimum atomic E-state index is -3.39. The lowest BCUT2D eigenvalue weighted by Gasteiger charge is -2.35. The predicted octanol–water partition coefficient (Wildman–Crippen LogP) is -0.902. The van der Waals surface area contributed by atoms with Crippen molar-refractivity contribution in [3.63, 3.8) is 0 Å². The average molecular weight is 293 g/mol. The van der Waals surface area contributed by atoms with Gasteiger partial charge in [0.25, 0.3) is 10.2 Å². The number of carbonyl (C=O) groups is 1. The minimum absolute atomic E-state index is 0.0252. The zero-order valence-electron chi connectivity index (χ0n) is 11.7. The van der Waals surface area contributed by atoms with Gasteiger partial charge >= 0.3 is 0 Å². The van der Waals surface area contributed by atoms with E-state index in [1.807, 2.05) is 0 Å². The van der Waals surface area contributed by atoms with Crippen LogP contribution in [0.5, 0.6) is 0 Å². The number of hydrogen-bond acceptors (Lipinski definition) is 4. The molecule has 1 rings (SSSR count). The summed E-state index contributed by atoms with van der Waals surface area (Å²) in [6, 6.07) is 0. The Labute approximate surface area is 115 Å². The molecule has 1 unspecified atom stereocenters. The molecule has 1 amide bonds. The number of amides is 1. The third kappa shape index (κ3) is 4.41. The van der Waals surface area contributed by atoms with Gasteiger partial charge in [-0.1, -0.05) is 0 Å². The summed E-state index contributed by atoms with van der Waals surface area (Å²) in [5.74, 6) is -0.0252. The fourth-order valence-electron chi connectivity index (χ4n) is 1.89. The van der Waals surface area contributed by atoms with E-state index in [0.29, 0.717) is 39.0 Å². The van der Waals surface area contributed by atoms with Gasteiger partial charge in [-0.15, -0.1) is 0 Å². The summed E-state index contributed by atoms with van der Waals surface area (Å²) in [5, 5.41) is 9.15. The van der Waals surface area contributed by atoms with Gasteiger partial charge in [-0.25, -0.2) is 0 Å². The first-order valence-electron chi connectivity index (χ1n) is 6.38. The monoisotopic (exact) mass is 293 g/mol. The van der Waals surface area contributed by atoms with Crippen LogP contribution in [0.3, 0.4) is 0 Å². The smallest absolute Gasteiger partial charge is 0.281 e. The number of hydrogen-bond donors (Lipinski definition) is 1. The van der Waals surface area contributed by atoms with Gasteiger partial charge < -0.3 is 10.0 Å². The molecular weight excluding hydrogens is 270 g/mol. The first kappa shape index (κ1) is 16.4. The molecule has 1 N–H and O–H groups in total. The van der Waals surface area contributed by atoms with E-state index in [1.165, 1.54) is 22.7 Å². The molecule has 112 valence electrons. The van der Waals surface area contributed by atoms with Crippen LogP contribution in [0.15, 0.2) is 0 Å². The van der Waals surface area contributed by atoms with E-state index in [2.05, 4.69) is 0 Å². The second-order valence-corrected chi connectivity index (χ2v) is 7.10. The molecule has 0 saturated carbocycles. The van der Waals surface area contributed by atoms with Crippen LogP contribution >= 0.6 is 0 Å². The Morgan fingerprint density at radius 3 is 2.21 bits per heavy atom. The van der Waals surface area contributed by atoms with Gasteiger partial charge in [-0.05, 0) is 13.3 Å². The zero-order chi connectivity index (χ0) is 14.6. The van der Waals surface area contributed by atoms with Gasteiger partial charge in [0.2, 0.25) is 5.91 Å². The van der Waals surface area contributed by atoms with Crippen molar-refractivity contribution < 1.29 is 18.3 Å².